The Morgan fingerprint density at radius 3 is 2.67 bits per heavy atom. The molecule has 1 aromatic rings. The van der Waals surface area contributed by atoms with Crippen LogP contribution in [-0.2, 0) is 0 Å². The smallest absolute Gasteiger partial charge is 0.127 e. The first-order chi connectivity index (χ1) is 10.3. The molecule has 0 unspecified atom stereocenters. The minimum atomic E-state index is 0.310. The third kappa shape index (κ3) is 3.19. The van der Waals surface area contributed by atoms with Gasteiger partial charge in [-0.15, -0.1) is 0 Å². The zero-order valence-corrected chi connectivity index (χ0v) is 12.6. The van der Waals surface area contributed by atoms with Crippen molar-refractivity contribution in [1.82, 2.24) is 9.88 Å². The van der Waals surface area contributed by atoms with Crippen LogP contribution in [-0.4, -0.2) is 35.1 Å². The summed E-state index contributed by atoms with van der Waals surface area (Å²) in [5.74, 6) is 0.831. The molecule has 0 radical (unpaired) electrons. The van der Waals surface area contributed by atoms with Crippen LogP contribution < -0.4 is 5.32 Å². The molecule has 2 heterocycles. The van der Waals surface area contributed by atoms with Gasteiger partial charge in [0.25, 0.3) is 0 Å². The van der Waals surface area contributed by atoms with E-state index >= 15 is 0 Å². The molecule has 0 aromatic carbocycles. The van der Waals surface area contributed by atoms with Crippen LogP contribution in [0.15, 0.2) is 18.3 Å². The Labute approximate surface area is 127 Å². The quantitative estimate of drug-likeness (QED) is 0.922. The summed E-state index contributed by atoms with van der Waals surface area (Å²) in [4.78, 5) is 7.06. The second-order valence-corrected chi connectivity index (χ2v) is 6.37. The molecule has 3 rings (SSSR count). The monoisotopic (exact) mass is 284 g/mol. The third-order valence-electron chi connectivity index (χ3n) is 5.05. The van der Waals surface area contributed by atoms with Crippen molar-refractivity contribution in [3.63, 3.8) is 0 Å². The van der Waals surface area contributed by atoms with E-state index < -0.39 is 0 Å². The maximum Gasteiger partial charge on any atom is 0.127 e. The maximum absolute atomic E-state index is 8.98. The first kappa shape index (κ1) is 14.3. The van der Waals surface area contributed by atoms with Crippen molar-refractivity contribution in [1.29, 1.82) is 5.26 Å². The van der Waals surface area contributed by atoms with Gasteiger partial charge in [0, 0.05) is 18.3 Å². The number of nitriles is 1. The molecule has 1 aliphatic carbocycles. The van der Waals surface area contributed by atoms with Crippen LogP contribution >= 0.6 is 0 Å². The number of hydrogen-bond acceptors (Lipinski definition) is 4. The molecule has 1 saturated carbocycles. The Hall–Kier alpha value is -1.60. The second kappa shape index (κ2) is 6.44. The summed E-state index contributed by atoms with van der Waals surface area (Å²) in [6.07, 6.45) is 11.0. The minimum Gasteiger partial charge on any atom is -0.368 e. The van der Waals surface area contributed by atoms with Gasteiger partial charge in [0.1, 0.15) is 5.82 Å². The number of hydrogen-bond donors (Lipinski definition) is 1. The summed E-state index contributed by atoms with van der Waals surface area (Å²) in [5.41, 5.74) is 0.982. The van der Waals surface area contributed by atoms with Crippen LogP contribution in [0.1, 0.15) is 50.5 Å². The van der Waals surface area contributed by atoms with E-state index in [4.69, 9.17) is 5.26 Å². The van der Waals surface area contributed by atoms with Gasteiger partial charge < -0.3 is 5.32 Å². The Kier molecular flexibility index (Phi) is 4.40. The summed E-state index contributed by atoms with van der Waals surface area (Å²) < 4.78 is 0. The first-order valence-corrected chi connectivity index (χ1v) is 8.18. The predicted octanol–water partition coefficient (Wildman–Crippen LogP) is 3.16. The van der Waals surface area contributed by atoms with Crippen LogP contribution in [0.2, 0.25) is 0 Å². The lowest BCUT2D eigenvalue weighted by molar-refractivity contribution is 0.0808. The number of nitrogens with one attached hydrogen (secondary N) is 1. The van der Waals surface area contributed by atoms with Crippen LogP contribution in [0, 0.1) is 11.3 Å². The van der Waals surface area contributed by atoms with E-state index in [1.165, 1.54) is 58.0 Å². The van der Waals surface area contributed by atoms with Crippen molar-refractivity contribution in [2.45, 2.75) is 50.5 Å². The van der Waals surface area contributed by atoms with Crippen molar-refractivity contribution in [2.24, 2.45) is 0 Å². The van der Waals surface area contributed by atoms with Gasteiger partial charge in [-0.1, -0.05) is 19.3 Å². The Balaban J connectivity index is 1.69. The van der Waals surface area contributed by atoms with Crippen molar-refractivity contribution in [3.8, 4) is 6.07 Å². The van der Waals surface area contributed by atoms with Gasteiger partial charge in [-0.05, 0) is 50.9 Å². The topological polar surface area (TPSA) is 52.0 Å². The van der Waals surface area contributed by atoms with Crippen molar-refractivity contribution in [3.05, 3.63) is 23.9 Å². The number of rotatable bonds is 4. The molecule has 0 amide bonds. The standard InChI is InChI=1S/C17H24N4/c18-13-15-6-9-19-16(12-15)20-14-17(7-2-3-8-17)21-10-4-1-5-11-21/h6,9,12H,1-5,7-8,10-11,14H2,(H,19,20). The highest BCUT2D eigenvalue weighted by Gasteiger charge is 2.39. The molecule has 112 valence electrons. The summed E-state index contributed by atoms with van der Waals surface area (Å²) in [5, 5.41) is 12.5. The van der Waals surface area contributed by atoms with E-state index in [0.29, 0.717) is 11.1 Å². The molecular weight excluding hydrogens is 260 g/mol. The maximum atomic E-state index is 8.98. The molecular formula is C17H24N4. The van der Waals surface area contributed by atoms with Crippen molar-refractivity contribution >= 4 is 5.82 Å². The van der Waals surface area contributed by atoms with Gasteiger partial charge in [0.15, 0.2) is 0 Å². The largest absolute Gasteiger partial charge is 0.368 e. The number of pyridine rings is 1. The van der Waals surface area contributed by atoms with E-state index in [1.54, 1.807) is 12.3 Å². The van der Waals surface area contributed by atoms with Crippen molar-refractivity contribution < 1.29 is 0 Å². The molecule has 2 aliphatic rings. The Bertz CT molecular complexity index is 508. The number of anilines is 1. The molecule has 1 saturated heterocycles. The zero-order valence-electron chi connectivity index (χ0n) is 12.6. The van der Waals surface area contributed by atoms with Gasteiger partial charge in [-0.2, -0.15) is 5.26 Å². The van der Waals surface area contributed by atoms with Gasteiger partial charge in [-0.3, -0.25) is 4.90 Å². The molecule has 2 fully saturated rings. The SMILES string of the molecule is N#Cc1ccnc(NCC2(N3CCCCC3)CCCC2)c1. The zero-order chi connectivity index (χ0) is 14.5. The molecule has 1 N–H and O–H groups in total. The lowest BCUT2D eigenvalue weighted by Crippen LogP contribution is -2.53. The van der Waals surface area contributed by atoms with Gasteiger partial charge in [-0.25, -0.2) is 4.98 Å². The summed E-state index contributed by atoms with van der Waals surface area (Å²) in [7, 11) is 0. The Morgan fingerprint density at radius 1 is 1.19 bits per heavy atom. The van der Waals surface area contributed by atoms with Crippen LogP contribution in [0.5, 0.6) is 0 Å². The van der Waals surface area contributed by atoms with Gasteiger partial charge in [0.05, 0.1) is 11.6 Å². The first-order valence-electron chi connectivity index (χ1n) is 8.18. The van der Waals surface area contributed by atoms with E-state index in [-0.39, 0.29) is 0 Å². The molecule has 21 heavy (non-hydrogen) atoms. The van der Waals surface area contributed by atoms with Gasteiger partial charge in [0.2, 0.25) is 0 Å². The molecule has 0 bridgehead atoms. The predicted molar refractivity (Wildman–Crippen MR) is 84.1 cm³/mol. The van der Waals surface area contributed by atoms with Crippen LogP contribution in [0.25, 0.3) is 0 Å². The third-order valence-corrected chi connectivity index (χ3v) is 5.05. The lowest BCUT2D eigenvalue weighted by Gasteiger charge is -2.43. The van der Waals surface area contributed by atoms with Crippen LogP contribution in [0.3, 0.4) is 0 Å². The number of piperidine rings is 1. The fourth-order valence-corrected chi connectivity index (χ4v) is 3.86. The Morgan fingerprint density at radius 2 is 1.95 bits per heavy atom. The number of likely N-dealkylation sites (tertiary alicyclic amines) is 1. The fraction of sp³-hybridized carbons (Fsp3) is 0.647. The van der Waals surface area contributed by atoms with Crippen LogP contribution in [0.4, 0.5) is 5.82 Å². The molecule has 0 atom stereocenters. The average Bonchev–Trinajstić information content (AvgIpc) is 3.04. The summed E-state index contributed by atoms with van der Waals surface area (Å²) >= 11 is 0. The van der Waals surface area contributed by atoms with Crippen molar-refractivity contribution in [2.75, 3.05) is 25.0 Å². The minimum absolute atomic E-state index is 0.310. The van der Waals surface area contributed by atoms with E-state index in [9.17, 15) is 0 Å². The van der Waals surface area contributed by atoms with E-state index in [0.717, 1.165) is 12.4 Å². The normalized spacial score (nSPS) is 21.9. The summed E-state index contributed by atoms with van der Waals surface area (Å²) in [6.45, 7) is 3.44. The molecule has 1 aliphatic heterocycles. The molecule has 1 aromatic heterocycles. The van der Waals surface area contributed by atoms with E-state index in [2.05, 4.69) is 21.3 Å². The molecule has 4 nitrogen and oxygen atoms in total. The number of nitrogens with zero attached hydrogens (tertiary/aromatic N) is 3. The highest BCUT2D eigenvalue weighted by Crippen LogP contribution is 2.37. The summed E-state index contributed by atoms with van der Waals surface area (Å²) in [6, 6.07) is 5.78. The highest BCUT2D eigenvalue weighted by molar-refractivity contribution is 5.42. The van der Waals surface area contributed by atoms with Gasteiger partial charge >= 0.3 is 0 Å². The molecule has 0 spiro atoms. The molecule has 4 heteroatoms. The lowest BCUT2D eigenvalue weighted by atomic mass is 9.92. The second-order valence-electron chi connectivity index (χ2n) is 6.37. The fourth-order valence-electron chi connectivity index (χ4n) is 3.86. The highest BCUT2D eigenvalue weighted by atomic mass is 15.2. The van der Waals surface area contributed by atoms with E-state index in [1.807, 2.05) is 6.07 Å². The average molecular weight is 284 g/mol. The number of aromatic nitrogens is 1.